The van der Waals surface area contributed by atoms with Crippen molar-refractivity contribution < 1.29 is 19.4 Å². The molecule has 0 aliphatic carbocycles. The van der Waals surface area contributed by atoms with Crippen LogP contribution in [0.3, 0.4) is 0 Å². The standard InChI is InChI=1S/C17H19N3O4/c18-15(17(23)20-10-16(21)22)9-12-1-3-14(4-2-12)24-11-13-5-7-19-8-6-13/h1-8,15H,9-11,18H2,(H,20,23)(H,21,22)/t15-/m0/s1. The summed E-state index contributed by atoms with van der Waals surface area (Å²) in [6, 6.07) is 10.2. The Hall–Kier alpha value is -2.93. The fourth-order valence-corrected chi connectivity index (χ4v) is 2.01. The van der Waals surface area contributed by atoms with E-state index in [4.69, 9.17) is 15.6 Å². The topological polar surface area (TPSA) is 115 Å². The van der Waals surface area contributed by atoms with Crippen LogP contribution in [0.5, 0.6) is 5.75 Å². The van der Waals surface area contributed by atoms with Crippen LogP contribution in [-0.2, 0) is 22.6 Å². The first-order chi connectivity index (χ1) is 11.5. The van der Waals surface area contributed by atoms with Gasteiger partial charge in [-0.1, -0.05) is 12.1 Å². The number of ether oxygens (including phenoxy) is 1. The summed E-state index contributed by atoms with van der Waals surface area (Å²) in [5.74, 6) is -0.888. The first kappa shape index (κ1) is 17.4. The largest absolute Gasteiger partial charge is 0.489 e. The average Bonchev–Trinajstić information content (AvgIpc) is 2.60. The first-order valence-electron chi connectivity index (χ1n) is 7.40. The Morgan fingerprint density at radius 3 is 2.42 bits per heavy atom. The number of hydrogen-bond acceptors (Lipinski definition) is 5. The molecule has 0 spiro atoms. The molecule has 7 heteroatoms. The van der Waals surface area contributed by atoms with Gasteiger partial charge in [-0.05, 0) is 41.8 Å². The summed E-state index contributed by atoms with van der Waals surface area (Å²) in [6.45, 7) is 0.00723. The molecule has 0 fully saturated rings. The lowest BCUT2D eigenvalue weighted by molar-refractivity contribution is -0.138. The predicted molar refractivity (Wildman–Crippen MR) is 87.3 cm³/mol. The minimum atomic E-state index is -1.11. The van der Waals surface area contributed by atoms with Gasteiger partial charge in [-0.2, -0.15) is 0 Å². The zero-order valence-electron chi connectivity index (χ0n) is 13.0. The van der Waals surface area contributed by atoms with E-state index in [2.05, 4.69) is 10.3 Å². The van der Waals surface area contributed by atoms with Crippen molar-refractivity contribution in [3.8, 4) is 5.75 Å². The molecule has 2 rings (SSSR count). The third-order valence-corrected chi connectivity index (χ3v) is 3.28. The molecular formula is C17H19N3O4. The smallest absolute Gasteiger partial charge is 0.322 e. The number of aliphatic carboxylic acids is 1. The summed E-state index contributed by atoms with van der Waals surface area (Å²) in [5, 5.41) is 10.8. The summed E-state index contributed by atoms with van der Waals surface area (Å²) >= 11 is 0. The lowest BCUT2D eigenvalue weighted by Gasteiger charge is -2.12. The van der Waals surface area contributed by atoms with Crippen LogP contribution in [0.25, 0.3) is 0 Å². The van der Waals surface area contributed by atoms with Crippen LogP contribution in [0.15, 0.2) is 48.8 Å². The van der Waals surface area contributed by atoms with Crippen LogP contribution in [0.2, 0.25) is 0 Å². The number of amides is 1. The Labute approximate surface area is 139 Å². The number of carbonyl (C=O) groups excluding carboxylic acids is 1. The van der Waals surface area contributed by atoms with Crippen LogP contribution in [-0.4, -0.2) is 34.6 Å². The van der Waals surface area contributed by atoms with Gasteiger partial charge in [-0.25, -0.2) is 0 Å². The summed E-state index contributed by atoms with van der Waals surface area (Å²) in [7, 11) is 0. The Morgan fingerprint density at radius 1 is 1.12 bits per heavy atom. The van der Waals surface area contributed by atoms with E-state index < -0.39 is 24.5 Å². The van der Waals surface area contributed by atoms with Gasteiger partial charge in [-0.3, -0.25) is 14.6 Å². The van der Waals surface area contributed by atoms with E-state index in [0.717, 1.165) is 11.1 Å². The molecule has 0 unspecified atom stereocenters. The van der Waals surface area contributed by atoms with Gasteiger partial charge in [0.2, 0.25) is 5.91 Å². The molecule has 1 atom stereocenters. The van der Waals surface area contributed by atoms with Crippen molar-refractivity contribution in [3.05, 3.63) is 59.9 Å². The molecule has 1 amide bonds. The third kappa shape index (κ3) is 5.69. The summed E-state index contributed by atoms with van der Waals surface area (Å²) in [5.41, 5.74) is 7.65. The maximum atomic E-state index is 11.6. The van der Waals surface area contributed by atoms with Crippen molar-refractivity contribution in [2.24, 2.45) is 5.73 Å². The molecule has 0 aliphatic rings. The molecule has 0 radical (unpaired) electrons. The Kier molecular flexibility index (Phi) is 6.27. The minimum absolute atomic E-state index is 0.316. The second-order valence-electron chi connectivity index (χ2n) is 5.21. The Bertz CT molecular complexity index is 674. The van der Waals surface area contributed by atoms with Crippen LogP contribution in [0.1, 0.15) is 11.1 Å². The Balaban J connectivity index is 1.83. The quantitative estimate of drug-likeness (QED) is 0.658. The zero-order chi connectivity index (χ0) is 17.4. The second-order valence-corrected chi connectivity index (χ2v) is 5.21. The molecule has 4 N–H and O–H groups in total. The molecule has 126 valence electrons. The number of benzene rings is 1. The van der Waals surface area contributed by atoms with Gasteiger partial charge >= 0.3 is 5.97 Å². The maximum absolute atomic E-state index is 11.6. The number of nitrogens with zero attached hydrogens (tertiary/aromatic N) is 1. The van der Waals surface area contributed by atoms with E-state index in [1.54, 1.807) is 24.5 Å². The number of hydrogen-bond donors (Lipinski definition) is 3. The summed E-state index contributed by atoms with van der Waals surface area (Å²) < 4.78 is 5.66. The van der Waals surface area contributed by atoms with Crippen molar-refractivity contribution in [1.82, 2.24) is 10.3 Å². The highest BCUT2D eigenvalue weighted by Crippen LogP contribution is 2.15. The highest BCUT2D eigenvalue weighted by Gasteiger charge is 2.14. The van der Waals surface area contributed by atoms with E-state index in [9.17, 15) is 9.59 Å². The second kappa shape index (κ2) is 8.64. The van der Waals surface area contributed by atoms with Crippen molar-refractivity contribution >= 4 is 11.9 Å². The molecule has 24 heavy (non-hydrogen) atoms. The van der Waals surface area contributed by atoms with Crippen LogP contribution >= 0.6 is 0 Å². The molecule has 1 aromatic heterocycles. The number of carboxylic acids is 1. The van der Waals surface area contributed by atoms with Crippen molar-refractivity contribution in [2.75, 3.05) is 6.54 Å². The van der Waals surface area contributed by atoms with Crippen molar-refractivity contribution in [2.45, 2.75) is 19.1 Å². The molecule has 0 saturated heterocycles. The molecule has 1 heterocycles. The van der Waals surface area contributed by atoms with Gasteiger partial charge in [0.25, 0.3) is 0 Å². The number of nitrogens with one attached hydrogen (secondary N) is 1. The van der Waals surface area contributed by atoms with E-state index in [-0.39, 0.29) is 0 Å². The van der Waals surface area contributed by atoms with Crippen molar-refractivity contribution in [3.63, 3.8) is 0 Å². The molecule has 1 aromatic carbocycles. The van der Waals surface area contributed by atoms with Crippen LogP contribution in [0, 0.1) is 0 Å². The molecule has 2 aromatic rings. The predicted octanol–water partition coefficient (Wildman–Crippen LogP) is 0.731. The SMILES string of the molecule is N[C@@H](Cc1ccc(OCc2ccncc2)cc1)C(=O)NCC(=O)O. The van der Waals surface area contributed by atoms with Gasteiger partial charge in [0.1, 0.15) is 18.9 Å². The number of rotatable bonds is 8. The number of carbonyl (C=O) groups is 2. The zero-order valence-corrected chi connectivity index (χ0v) is 13.0. The van der Waals surface area contributed by atoms with Gasteiger partial charge < -0.3 is 20.9 Å². The van der Waals surface area contributed by atoms with E-state index >= 15 is 0 Å². The number of carboxylic acid groups (broad SMARTS) is 1. The maximum Gasteiger partial charge on any atom is 0.322 e. The average molecular weight is 329 g/mol. The lowest BCUT2D eigenvalue weighted by Crippen LogP contribution is -2.43. The highest BCUT2D eigenvalue weighted by atomic mass is 16.5. The fraction of sp³-hybridized carbons (Fsp3) is 0.235. The van der Waals surface area contributed by atoms with Crippen molar-refractivity contribution in [1.29, 1.82) is 0 Å². The molecule has 7 nitrogen and oxygen atoms in total. The summed E-state index contributed by atoms with van der Waals surface area (Å²) in [6.07, 6.45) is 3.73. The van der Waals surface area contributed by atoms with E-state index in [1.165, 1.54) is 0 Å². The first-order valence-corrected chi connectivity index (χ1v) is 7.40. The van der Waals surface area contributed by atoms with Gasteiger partial charge in [0.05, 0.1) is 6.04 Å². The van der Waals surface area contributed by atoms with E-state index in [0.29, 0.717) is 18.8 Å². The van der Waals surface area contributed by atoms with Crippen LogP contribution < -0.4 is 15.8 Å². The molecular weight excluding hydrogens is 310 g/mol. The minimum Gasteiger partial charge on any atom is -0.489 e. The van der Waals surface area contributed by atoms with E-state index in [1.807, 2.05) is 24.3 Å². The highest BCUT2D eigenvalue weighted by molar-refractivity contribution is 5.85. The molecule has 0 saturated carbocycles. The van der Waals surface area contributed by atoms with Crippen LogP contribution in [0.4, 0.5) is 0 Å². The molecule has 0 aliphatic heterocycles. The fourth-order valence-electron chi connectivity index (χ4n) is 2.01. The number of aromatic nitrogens is 1. The number of nitrogens with two attached hydrogens (primary N) is 1. The Morgan fingerprint density at radius 2 is 1.79 bits per heavy atom. The third-order valence-electron chi connectivity index (χ3n) is 3.28. The number of pyridine rings is 1. The summed E-state index contributed by atoms with van der Waals surface area (Å²) in [4.78, 5) is 26.0. The monoisotopic (exact) mass is 329 g/mol. The van der Waals surface area contributed by atoms with Gasteiger partial charge in [-0.15, -0.1) is 0 Å². The van der Waals surface area contributed by atoms with Gasteiger partial charge in [0.15, 0.2) is 0 Å². The van der Waals surface area contributed by atoms with Gasteiger partial charge in [0, 0.05) is 12.4 Å². The normalized spacial score (nSPS) is 11.5. The molecule has 0 bridgehead atoms. The lowest BCUT2D eigenvalue weighted by atomic mass is 10.1.